The zero-order valence-corrected chi connectivity index (χ0v) is 8.95. The summed E-state index contributed by atoms with van der Waals surface area (Å²) in [6.07, 6.45) is 3.52. The van der Waals surface area contributed by atoms with Crippen LogP contribution < -0.4 is 5.32 Å². The number of carbonyl (C=O) groups excluding carboxylic acids is 1. The van der Waals surface area contributed by atoms with Crippen LogP contribution in [0.25, 0.3) is 16.8 Å². The molecule has 2 aromatic carbocycles. The van der Waals surface area contributed by atoms with Crippen molar-refractivity contribution in [3.63, 3.8) is 0 Å². The Kier molecular flexibility index (Phi) is 1.83. The second-order valence-electron chi connectivity index (χ2n) is 3.88. The Morgan fingerprint density at radius 2 is 1.94 bits per heavy atom. The molecule has 0 saturated heterocycles. The fourth-order valence-corrected chi connectivity index (χ4v) is 2.25. The van der Waals surface area contributed by atoms with Crippen molar-refractivity contribution in [3.8, 4) is 0 Å². The van der Waals surface area contributed by atoms with Gasteiger partial charge in [0, 0.05) is 29.1 Å². The third kappa shape index (κ3) is 1.10. The third-order valence-corrected chi connectivity index (χ3v) is 3.02. The van der Waals surface area contributed by atoms with Crippen LogP contribution in [0.3, 0.4) is 0 Å². The van der Waals surface area contributed by atoms with Crippen LogP contribution in [0.1, 0.15) is 15.9 Å². The zero-order valence-electron chi connectivity index (χ0n) is 8.95. The minimum absolute atomic E-state index is 0.0892. The third-order valence-electron chi connectivity index (χ3n) is 3.02. The van der Waals surface area contributed by atoms with E-state index >= 15 is 0 Å². The predicted molar refractivity (Wildman–Crippen MR) is 66.9 cm³/mol. The van der Waals surface area contributed by atoms with Crippen LogP contribution in [-0.4, -0.2) is 12.8 Å². The SMILES string of the molecule is CNc1ccc2c3c(cccc13)C(=O)C=C2. The normalized spacial score (nSPS) is 13.2. The maximum atomic E-state index is 11.8. The highest BCUT2D eigenvalue weighted by atomic mass is 16.1. The van der Waals surface area contributed by atoms with Crippen molar-refractivity contribution in [2.24, 2.45) is 0 Å². The lowest BCUT2D eigenvalue weighted by Gasteiger charge is -2.14. The Morgan fingerprint density at radius 3 is 2.75 bits per heavy atom. The van der Waals surface area contributed by atoms with E-state index in [0.717, 1.165) is 27.6 Å². The van der Waals surface area contributed by atoms with Crippen LogP contribution in [0, 0.1) is 0 Å². The van der Waals surface area contributed by atoms with E-state index in [4.69, 9.17) is 0 Å². The van der Waals surface area contributed by atoms with Gasteiger partial charge in [0.15, 0.2) is 5.78 Å². The Labute approximate surface area is 93.6 Å². The van der Waals surface area contributed by atoms with E-state index < -0.39 is 0 Å². The molecule has 0 spiro atoms. The summed E-state index contributed by atoms with van der Waals surface area (Å²) >= 11 is 0. The van der Waals surface area contributed by atoms with Crippen LogP contribution in [-0.2, 0) is 0 Å². The molecule has 0 heterocycles. The average molecular weight is 209 g/mol. The number of hydrogen-bond donors (Lipinski definition) is 1. The van der Waals surface area contributed by atoms with Crippen LogP contribution in [0.15, 0.2) is 36.4 Å². The molecule has 1 aliphatic rings. The lowest BCUT2D eigenvalue weighted by Crippen LogP contribution is -2.02. The average Bonchev–Trinajstić information content (AvgIpc) is 2.34. The lowest BCUT2D eigenvalue weighted by molar-refractivity contribution is 0.104. The molecule has 1 aliphatic carbocycles. The molecule has 78 valence electrons. The number of rotatable bonds is 1. The second-order valence-corrected chi connectivity index (χ2v) is 3.88. The van der Waals surface area contributed by atoms with E-state index in [1.165, 1.54) is 0 Å². The summed E-state index contributed by atoms with van der Waals surface area (Å²) in [5.41, 5.74) is 2.97. The van der Waals surface area contributed by atoms with Gasteiger partial charge >= 0.3 is 0 Å². The summed E-state index contributed by atoms with van der Waals surface area (Å²) in [6.45, 7) is 0. The van der Waals surface area contributed by atoms with Gasteiger partial charge in [0.05, 0.1) is 0 Å². The fourth-order valence-electron chi connectivity index (χ4n) is 2.25. The van der Waals surface area contributed by atoms with Gasteiger partial charge in [-0.1, -0.05) is 30.3 Å². The Balaban J connectivity index is 2.51. The van der Waals surface area contributed by atoms with Crippen molar-refractivity contribution in [3.05, 3.63) is 47.5 Å². The standard InChI is InChI=1S/C14H11NO/c1-15-12-7-5-9-6-8-13(16)11-4-2-3-10(12)14(9)11/h2-8,15H,1H3. The van der Waals surface area contributed by atoms with Gasteiger partial charge in [0.2, 0.25) is 0 Å². The summed E-state index contributed by atoms with van der Waals surface area (Å²) in [5, 5.41) is 5.32. The zero-order chi connectivity index (χ0) is 11.1. The Bertz CT molecular complexity index is 626. The van der Waals surface area contributed by atoms with Crippen LogP contribution in [0.4, 0.5) is 5.69 Å². The number of anilines is 1. The van der Waals surface area contributed by atoms with E-state index in [0.29, 0.717) is 0 Å². The molecule has 2 nitrogen and oxygen atoms in total. The highest BCUT2D eigenvalue weighted by molar-refractivity contribution is 6.21. The van der Waals surface area contributed by atoms with E-state index in [9.17, 15) is 4.79 Å². The van der Waals surface area contributed by atoms with Gasteiger partial charge in [-0.25, -0.2) is 0 Å². The molecule has 0 atom stereocenters. The quantitative estimate of drug-likeness (QED) is 0.782. The molecular weight excluding hydrogens is 198 g/mol. The molecule has 0 aliphatic heterocycles. The smallest absolute Gasteiger partial charge is 0.186 e. The number of nitrogens with one attached hydrogen (secondary N) is 1. The van der Waals surface area contributed by atoms with Crippen molar-refractivity contribution in [2.45, 2.75) is 0 Å². The first-order valence-electron chi connectivity index (χ1n) is 5.27. The maximum absolute atomic E-state index is 11.8. The number of hydrogen-bond acceptors (Lipinski definition) is 2. The van der Waals surface area contributed by atoms with Crippen LogP contribution >= 0.6 is 0 Å². The number of carbonyl (C=O) groups is 1. The van der Waals surface area contributed by atoms with Crippen LogP contribution in [0.5, 0.6) is 0 Å². The minimum atomic E-state index is 0.0892. The largest absolute Gasteiger partial charge is 0.388 e. The number of benzene rings is 2. The fraction of sp³-hybridized carbons (Fsp3) is 0.0714. The van der Waals surface area contributed by atoms with Gasteiger partial charge in [-0.15, -0.1) is 0 Å². The van der Waals surface area contributed by atoms with Gasteiger partial charge < -0.3 is 5.32 Å². The molecule has 0 amide bonds. The van der Waals surface area contributed by atoms with Crippen molar-refractivity contribution >= 4 is 28.3 Å². The topological polar surface area (TPSA) is 29.1 Å². The van der Waals surface area contributed by atoms with Crippen molar-refractivity contribution in [2.75, 3.05) is 12.4 Å². The van der Waals surface area contributed by atoms with E-state index in [-0.39, 0.29) is 5.78 Å². The van der Waals surface area contributed by atoms with E-state index in [1.54, 1.807) is 6.08 Å². The molecule has 16 heavy (non-hydrogen) atoms. The number of allylic oxidation sites excluding steroid dienone is 1. The van der Waals surface area contributed by atoms with Gasteiger partial charge in [0.1, 0.15) is 0 Å². The molecule has 0 aromatic heterocycles. The molecule has 2 aromatic rings. The molecule has 2 heteroatoms. The second kappa shape index (κ2) is 3.20. The first-order valence-corrected chi connectivity index (χ1v) is 5.27. The molecule has 0 unspecified atom stereocenters. The van der Waals surface area contributed by atoms with Crippen molar-refractivity contribution in [1.29, 1.82) is 0 Å². The summed E-state index contributed by atoms with van der Waals surface area (Å²) in [7, 11) is 1.89. The maximum Gasteiger partial charge on any atom is 0.186 e. The van der Waals surface area contributed by atoms with E-state index in [2.05, 4.69) is 5.32 Å². The van der Waals surface area contributed by atoms with Gasteiger partial charge in [-0.3, -0.25) is 4.79 Å². The molecule has 0 fully saturated rings. The van der Waals surface area contributed by atoms with Gasteiger partial charge in [0.25, 0.3) is 0 Å². The summed E-state index contributed by atoms with van der Waals surface area (Å²) < 4.78 is 0. The molecule has 1 N–H and O–H groups in total. The highest BCUT2D eigenvalue weighted by Gasteiger charge is 2.15. The molecule has 3 rings (SSSR count). The van der Waals surface area contributed by atoms with Crippen molar-refractivity contribution < 1.29 is 4.79 Å². The predicted octanol–water partition coefficient (Wildman–Crippen LogP) is 3.09. The van der Waals surface area contributed by atoms with Crippen molar-refractivity contribution in [1.82, 2.24) is 0 Å². The first kappa shape index (κ1) is 9.16. The van der Waals surface area contributed by atoms with E-state index in [1.807, 2.05) is 43.5 Å². The Morgan fingerprint density at radius 1 is 1.06 bits per heavy atom. The summed E-state index contributed by atoms with van der Waals surface area (Å²) in [6, 6.07) is 9.94. The summed E-state index contributed by atoms with van der Waals surface area (Å²) in [4.78, 5) is 11.8. The lowest BCUT2D eigenvalue weighted by atomic mass is 9.91. The number of ketones is 1. The molecule has 0 bridgehead atoms. The Hall–Kier alpha value is -2.09. The minimum Gasteiger partial charge on any atom is -0.388 e. The first-order chi connectivity index (χ1) is 7.81. The highest BCUT2D eigenvalue weighted by Crippen LogP contribution is 2.32. The monoisotopic (exact) mass is 209 g/mol. The molecule has 0 radical (unpaired) electrons. The van der Waals surface area contributed by atoms with Crippen LogP contribution in [0.2, 0.25) is 0 Å². The summed E-state index contributed by atoms with van der Waals surface area (Å²) in [5.74, 6) is 0.0892. The van der Waals surface area contributed by atoms with Gasteiger partial charge in [-0.05, 0) is 17.7 Å². The molecule has 0 saturated carbocycles. The van der Waals surface area contributed by atoms with Gasteiger partial charge in [-0.2, -0.15) is 0 Å². The molecular formula is C14H11NO.